The molecule has 1 saturated heterocycles. The number of aromatic hydroxyl groups is 1. The number of carbonyl (C=O) groups excluding carboxylic acids is 2. The van der Waals surface area contributed by atoms with Crippen LogP contribution < -0.4 is 31.6 Å². The number of hydrogen-bond donors (Lipinski definition) is 10. The number of guanidine groups is 1. The third-order valence-electron chi connectivity index (χ3n) is 9.12. The Labute approximate surface area is 287 Å². The summed E-state index contributed by atoms with van der Waals surface area (Å²) in [4.78, 5) is 32.5. The van der Waals surface area contributed by atoms with Crippen LogP contribution in [0.5, 0.6) is 17.2 Å². The number of phenols is 1. The molecule has 16 nitrogen and oxygen atoms in total. The third kappa shape index (κ3) is 7.18. The van der Waals surface area contributed by atoms with Crippen LogP contribution in [0.3, 0.4) is 0 Å². The zero-order chi connectivity index (χ0) is 36.3. The minimum Gasteiger partial charge on any atom is -0.507 e. The van der Waals surface area contributed by atoms with Crippen molar-refractivity contribution in [3.63, 3.8) is 0 Å². The van der Waals surface area contributed by atoms with Crippen molar-refractivity contribution in [3.05, 3.63) is 75.5 Å². The van der Waals surface area contributed by atoms with Crippen molar-refractivity contribution >= 4 is 17.5 Å². The number of fused-ring (bicyclic) bond motifs is 2. The number of allylic oxidation sites excluding steroid dienone is 2. The van der Waals surface area contributed by atoms with E-state index < -0.39 is 54.6 Å². The van der Waals surface area contributed by atoms with Crippen LogP contribution in [0.2, 0.25) is 0 Å². The van der Waals surface area contributed by atoms with Crippen LogP contribution in [0, 0.1) is 5.92 Å². The Hall–Kier alpha value is -4.55. The van der Waals surface area contributed by atoms with E-state index >= 15 is 0 Å². The number of benzene rings is 2. The lowest BCUT2D eigenvalue weighted by molar-refractivity contribution is -0.277. The van der Waals surface area contributed by atoms with E-state index in [1.165, 1.54) is 26.3 Å². The van der Waals surface area contributed by atoms with Gasteiger partial charge in [-0.2, -0.15) is 0 Å². The number of aliphatic hydroxyl groups is 5. The molecular weight excluding hydrogens is 654 g/mol. The first-order valence-corrected chi connectivity index (χ1v) is 16.1. The van der Waals surface area contributed by atoms with Gasteiger partial charge in [-0.15, -0.1) is 0 Å². The quantitative estimate of drug-likeness (QED) is 0.0774. The number of nitrogens with one attached hydrogen (secondary N) is 2. The summed E-state index contributed by atoms with van der Waals surface area (Å²) in [5.41, 5.74) is 12.8. The average Bonchev–Trinajstić information content (AvgIpc) is 3.11. The van der Waals surface area contributed by atoms with Gasteiger partial charge < -0.3 is 67.0 Å². The van der Waals surface area contributed by atoms with Gasteiger partial charge in [0.15, 0.2) is 11.7 Å². The number of aliphatic hydroxyl groups excluding tert-OH is 5. The molecular formula is C34H43N5O11. The van der Waals surface area contributed by atoms with Crippen LogP contribution in [0.4, 0.5) is 0 Å². The molecule has 2 aromatic rings. The van der Waals surface area contributed by atoms with E-state index in [0.717, 1.165) is 5.57 Å². The Morgan fingerprint density at radius 3 is 2.46 bits per heavy atom. The molecule has 7 atom stereocenters. The molecule has 0 aromatic heterocycles. The number of ketones is 2. The predicted octanol–water partition coefficient (Wildman–Crippen LogP) is -1.35. The normalized spacial score (nSPS) is 25.3. The lowest BCUT2D eigenvalue weighted by atomic mass is 9.78. The van der Waals surface area contributed by atoms with Crippen molar-refractivity contribution in [2.24, 2.45) is 22.4 Å². The maximum Gasteiger partial charge on any atom is 0.229 e. The summed E-state index contributed by atoms with van der Waals surface area (Å²) in [5.74, 6) is -2.17. The second kappa shape index (κ2) is 15.6. The molecule has 0 bridgehead atoms. The van der Waals surface area contributed by atoms with Crippen LogP contribution in [-0.4, -0.2) is 112 Å². The summed E-state index contributed by atoms with van der Waals surface area (Å²) >= 11 is 0. The van der Waals surface area contributed by atoms with Gasteiger partial charge in [0.2, 0.25) is 12.1 Å². The summed E-state index contributed by atoms with van der Waals surface area (Å²) in [6.07, 6.45) is -1.78. The number of dihydropyridines is 1. The molecule has 12 N–H and O–H groups in total. The zero-order valence-electron chi connectivity index (χ0n) is 27.6. The van der Waals surface area contributed by atoms with Gasteiger partial charge in [-0.05, 0) is 54.5 Å². The van der Waals surface area contributed by atoms with Gasteiger partial charge in [-0.3, -0.25) is 14.6 Å². The Bertz CT molecular complexity index is 1710. The molecule has 1 aliphatic carbocycles. The molecule has 0 saturated carbocycles. The summed E-state index contributed by atoms with van der Waals surface area (Å²) in [6, 6.07) is 4.18. The molecule has 2 aromatic carbocycles. The molecule has 0 amide bonds. The van der Waals surface area contributed by atoms with Gasteiger partial charge >= 0.3 is 0 Å². The van der Waals surface area contributed by atoms with Gasteiger partial charge in [0.05, 0.1) is 31.0 Å². The van der Waals surface area contributed by atoms with Crippen molar-refractivity contribution in [3.8, 4) is 17.2 Å². The number of rotatable bonds is 12. The minimum absolute atomic E-state index is 0.0487. The van der Waals surface area contributed by atoms with Crippen LogP contribution >= 0.6 is 0 Å². The number of nitrogens with zero attached hydrogens (tertiary/aromatic N) is 1. The van der Waals surface area contributed by atoms with E-state index in [1.54, 1.807) is 18.3 Å². The van der Waals surface area contributed by atoms with E-state index in [2.05, 4.69) is 15.6 Å². The van der Waals surface area contributed by atoms with Crippen molar-refractivity contribution in [1.29, 1.82) is 0 Å². The van der Waals surface area contributed by atoms with Gasteiger partial charge in [-0.25, -0.2) is 0 Å². The first-order chi connectivity index (χ1) is 23.9. The zero-order valence-corrected chi connectivity index (χ0v) is 27.6. The molecule has 7 unspecified atom stereocenters. The lowest BCUT2D eigenvalue weighted by Gasteiger charge is -2.39. The number of nitrogens with two attached hydrogens (primary N) is 2. The van der Waals surface area contributed by atoms with Gasteiger partial charge in [-0.1, -0.05) is 6.08 Å². The highest BCUT2D eigenvalue weighted by atomic mass is 16.7. The smallest absolute Gasteiger partial charge is 0.229 e. The largest absolute Gasteiger partial charge is 0.507 e. The van der Waals surface area contributed by atoms with E-state index in [4.69, 9.17) is 25.7 Å². The van der Waals surface area contributed by atoms with E-state index in [0.29, 0.717) is 24.8 Å². The maximum absolute atomic E-state index is 14.4. The second-order valence-electron chi connectivity index (χ2n) is 12.2. The van der Waals surface area contributed by atoms with Crippen molar-refractivity contribution < 1.29 is 54.4 Å². The van der Waals surface area contributed by atoms with E-state index in [1.807, 2.05) is 6.08 Å². The van der Waals surface area contributed by atoms with E-state index in [9.17, 15) is 40.2 Å². The van der Waals surface area contributed by atoms with Gasteiger partial charge in [0.1, 0.15) is 41.7 Å². The fourth-order valence-corrected chi connectivity index (χ4v) is 6.34. The van der Waals surface area contributed by atoms with Crippen LogP contribution in [0.15, 0.2) is 47.1 Å². The fourth-order valence-electron chi connectivity index (χ4n) is 6.34. The molecule has 1 fully saturated rings. The second-order valence-corrected chi connectivity index (χ2v) is 12.2. The summed E-state index contributed by atoms with van der Waals surface area (Å²) in [7, 11) is 2.81. The number of phenolic OH excluding ortho intramolecular Hbond substituents is 1. The van der Waals surface area contributed by atoms with Crippen molar-refractivity contribution in [2.75, 3.05) is 27.4 Å². The SMILES string of the molecule is CN=C(N)NCc1c(CC(CCCO)C2=CNC(N)C=C2)cc2c(c1O)C(=O)c1c(OC3OC(CO)C(O)C(O)C3O)cc(OC)cc1C2=O. The lowest BCUT2D eigenvalue weighted by Crippen LogP contribution is -2.60. The number of ether oxygens (including phenoxy) is 3. The van der Waals surface area contributed by atoms with Gasteiger partial charge in [0, 0.05) is 49.2 Å². The third-order valence-corrected chi connectivity index (χ3v) is 9.12. The van der Waals surface area contributed by atoms with Gasteiger partial charge in [0.25, 0.3) is 0 Å². The first-order valence-electron chi connectivity index (χ1n) is 16.1. The number of carbonyl (C=O) groups is 2. The molecule has 270 valence electrons. The Balaban J connectivity index is 1.61. The highest BCUT2D eigenvalue weighted by molar-refractivity contribution is 6.30. The first kappa shape index (κ1) is 36.7. The highest BCUT2D eigenvalue weighted by Gasteiger charge is 2.46. The van der Waals surface area contributed by atoms with Crippen LogP contribution in [-0.2, 0) is 17.7 Å². The number of hydrogen-bond acceptors (Lipinski definition) is 14. The van der Waals surface area contributed by atoms with Crippen molar-refractivity contribution in [2.45, 2.75) is 62.7 Å². The van der Waals surface area contributed by atoms with E-state index in [-0.39, 0.29) is 70.5 Å². The van der Waals surface area contributed by atoms with Crippen molar-refractivity contribution in [1.82, 2.24) is 10.6 Å². The topological polar surface area (TPSA) is 272 Å². The Morgan fingerprint density at radius 2 is 1.82 bits per heavy atom. The highest BCUT2D eigenvalue weighted by Crippen LogP contribution is 2.43. The number of methoxy groups -OCH3 is 1. The molecule has 2 heterocycles. The van der Waals surface area contributed by atoms with Crippen LogP contribution in [0.1, 0.15) is 55.8 Å². The van der Waals surface area contributed by atoms with Crippen LogP contribution in [0.25, 0.3) is 0 Å². The maximum atomic E-state index is 14.4. The monoisotopic (exact) mass is 697 g/mol. The summed E-state index contributed by atoms with van der Waals surface area (Å²) in [6.45, 7) is -0.828. The molecule has 0 radical (unpaired) electrons. The minimum atomic E-state index is -1.81. The average molecular weight is 698 g/mol. The summed E-state index contributed by atoms with van der Waals surface area (Å²) < 4.78 is 16.7. The molecule has 5 rings (SSSR count). The molecule has 3 aliphatic rings. The predicted molar refractivity (Wildman–Crippen MR) is 179 cm³/mol. The standard InChI is InChI=1S/C34H43N5O11/c1-37-34(36)39-13-21-17(8-15(4-3-7-40)16-5-6-24(35)38-12-16)9-19-26(28(21)43)30(45)25-20(27(19)42)10-18(48-2)11-22(25)49-33-32(47)31(46)29(44)23(14-41)50-33/h5-6,9-12,15,23-24,29,31-33,38,40-41,43-44,46-47H,3-4,7-8,13-14,35H2,1-2H3,(H3,36,37,39). The fraction of sp³-hybridized carbons (Fsp3) is 0.441. The Kier molecular flexibility index (Phi) is 11.4. The molecule has 16 heteroatoms. The number of aliphatic imine (C=N–C) groups is 1. The molecule has 0 spiro atoms. The summed E-state index contributed by atoms with van der Waals surface area (Å²) in [5, 5.41) is 68.2. The Morgan fingerprint density at radius 1 is 1.08 bits per heavy atom. The molecule has 50 heavy (non-hydrogen) atoms. The molecule has 2 aliphatic heterocycles.